The highest BCUT2D eigenvalue weighted by Crippen LogP contribution is 2.49. The van der Waals surface area contributed by atoms with E-state index in [0.29, 0.717) is 0 Å². The van der Waals surface area contributed by atoms with E-state index in [1.54, 1.807) is 0 Å². The molecule has 2 aromatic heterocycles. The van der Waals surface area contributed by atoms with Gasteiger partial charge in [0.25, 0.3) is 0 Å². The van der Waals surface area contributed by atoms with Crippen LogP contribution >= 0.6 is 0 Å². The summed E-state index contributed by atoms with van der Waals surface area (Å²) in [6.07, 6.45) is -12.6. The molecule has 0 bridgehead atoms. The minimum atomic E-state index is -5.58. The molecule has 1 amide bonds. The van der Waals surface area contributed by atoms with Crippen molar-refractivity contribution in [2.24, 2.45) is 5.92 Å². The van der Waals surface area contributed by atoms with E-state index >= 15 is 0 Å². The summed E-state index contributed by atoms with van der Waals surface area (Å²) in [4.78, 5) is 24.6. The summed E-state index contributed by atoms with van der Waals surface area (Å²) in [7, 11) is -6.28. The number of amides is 1. The average Bonchev–Trinajstić information content (AvgIpc) is 3.52. The Kier molecular flexibility index (Phi) is 12.0. The van der Waals surface area contributed by atoms with Gasteiger partial charge in [-0.1, -0.05) is 55.4 Å². The van der Waals surface area contributed by atoms with E-state index in [1.807, 2.05) is 55.4 Å². The molecule has 2 aliphatic rings. The van der Waals surface area contributed by atoms with Crippen LogP contribution in [0.15, 0.2) is 12.7 Å². The molecule has 2 saturated heterocycles. The van der Waals surface area contributed by atoms with Gasteiger partial charge in [0.15, 0.2) is 29.1 Å². The summed E-state index contributed by atoms with van der Waals surface area (Å²) in [6, 6.07) is 0. The number of rotatable bonds is 11. The van der Waals surface area contributed by atoms with Gasteiger partial charge >= 0.3 is 29.5 Å². The molecule has 49 heavy (non-hydrogen) atoms. The van der Waals surface area contributed by atoms with Crippen LogP contribution in [0.5, 0.6) is 0 Å². The number of nitrogens with zero attached hydrogens (tertiary/aromatic N) is 4. The first-order valence-corrected chi connectivity index (χ1v) is 20.0. The molecule has 1 N–H and O–H groups in total. The second-order valence-corrected chi connectivity index (χ2v) is 22.5. The van der Waals surface area contributed by atoms with Gasteiger partial charge in [-0.3, -0.25) is 9.36 Å². The Balaban J connectivity index is 1.78. The zero-order chi connectivity index (χ0) is 36.7. The minimum absolute atomic E-state index is 0.00805. The van der Waals surface area contributed by atoms with Gasteiger partial charge in [0.05, 0.1) is 19.5 Å². The van der Waals surface area contributed by atoms with Crippen molar-refractivity contribution in [3.63, 3.8) is 0 Å². The molecule has 1 unspecified atom stereocenters. The van der Waals surface area contributed by atoms with Crippen molar-refractivity contribution in [3.05, 3.63) is 12.7 Å². The van der Waals surface area contributed by atoms with E-state index in [4.69, 9.17) is 27.2 Å². The summed E-state index contributed by atoms with van der Waals surface area (Å²) in [6.45, 7) is 14.8. The zero-order valence-corrected chi connectivity index (χ0v) is 30.9. The van der Waals surface area contributed by atoms with Gasteiger partial charge in [0.1, 0.15) is 31.4 Å². The van der Waals surface area contributed by atoms with Crippen LogP contribution in [0.25, 0.3) is 11.2 Å². The van der Waals surface area contributed by atoms with Crippen molar-refractivity contribution >= 4 is 40.0 Å². The Hall–Kier alpha value is -2.21. The third kappa shape index (κ3) is 8.00. The second-order valence-electron chi connectivity index (χ2n) is 13.6. The fourth-order valence-electron chi connectivity index (χ4n) is 6.49. The zero-order valence-electron chi connectivity index (χ0n) is 28.9. The van der Waals surface area contributed by atoms with Crippen molar-refractivity contribution < 1.29 is 58.3 Å². The molecule has 4 heterocycles. The lowest BCUT2D eigenvalue weighted by Crippen LogP contribution is -2.66. The molecule has 2 fully saturated rings. The van der Waals surface area contributed by atoms with E-state index in [0.717, 1.165) is 0 Å². The molecule has 0 aliphatic carbocycles. The Labute approximate surface area is 283 Å². The molecule has 2 aliphatic heterocycles. The standard InChI is InChI=1S/C29H45F6N5O7Si2/c1-15(2)48(16(3)4)44-10-20-23(46-49(47-48,17(5)6)18(7)8)24(43-14-42-11-21(28(30,31)32)29(33,34)35)27(45-20)40-13-38-22-25(39-19(9)41)36-12-37-26(22)40/h12-13,15-18,20-21,23-24,27H,10-11,14H2,1-9H3,(H,36,37,39,41)/t20-,23-,24?,27+/m0/s1. The number of imidazole rings is 1. The van der Waals surface area contributed by atoms with Crippen LogP contribution in [0, 0.1) is 5.92 Å². The third-order valence-corrected chi connectivity index (χ3v) is 19.2. The lowest BCUT2D eigenvalue weighted by molar-refractivity contribution is -0.299. The minimum Gasteiger partial charge on any atom is -0.414 e. The maximum Gasteiger partial charge on any atom is 0.402 e. The van der Waals surface area contributed by atoms with Gasteiger partial charge < -0.3 is 32.5 Å². The highest BCUT2D eigenvalue weighted by atomic mass is 28.5. The normalized spacial score (nSPS) is 24.7. The Morgan fingerprint density at radius 1 is 0.959 bits per heavy atom. The van der Waals surface area contributed by atoms with E-state index < -0.39 is 79.2 Å². The molecule has 278 valence electrons. The predicted octanol–water partition coefficient (Wildman–Crippen LogP) is 6.74. The summed E-state index contributed by atoms with van der Waals surface area (Å²) < 4.78 is 119. The molecule has 4 atom stereocenters. The number of ether oxygens (including phenoxy) is 3. The third-order valence-electron chi connectivity index (χ3n) is 8.96. The van der Waals surface area contributed by atoms with Crippen LogP contribution in [0.4, 0.5) is 32.2 Å². The first-order chi connectivity index (χ1) is 22.7. The number of carbonyl (C=O) groups excluding carboxylic acids is 1. The molecule has 0 saturated carbocycles. The largest absolute Gasteiger partial charge is 0.414 e. The van der Waals surface area contributed by atoms with Gasteiger partial charge in [-0.25, -0.2) is 15.0 Å². The number of fused-ring (bicyclic) bond motifs is 2. The van der Waals surface area contributed by atoms with E-state index in [9.17, 15) is 31.1 Å². The molecular formula is C29H45F6N5O7Si2. The predicted molar refractivity (Wildman–Crippen MR) is 169 cm³/mol. The fourth-order valence-corrected chi connectivity index (χ4v) is 17.7. The maximum absolute atomic E-state index is 13.2. The van der Waals surface area contributed by atoms with Crippen molar-refractivity contribution in [3.8, 4) is 0 Å². The number of nitrogens with one attached hydrogen (secondary N) is 1. The van der Waals surface area contributed by atoms with Gasteiger partial charge in [-0.15, -0.1) is 0 Å². The monoisotopic (exact) mass is 745 g/mol. The van der Waals surface area contributed by atoms with E-state index in [2.05, 4.69) is 20.3 Å². The van der Waals surface area contributed by atoms with Crippen molar-refractivity contribution in [1.29, 1.82) is 0 Å². The van der Waals surface area contributed by atoms with Crippen molar-refractivity contribution in [2.75, 3.05) is 25.3 Å². The Morgan fingerprint density at radius 2 is 1.55 bits per heavy atom. The smallest absolute Gasteiger partial charge is 0.402 e. The number of halogens is 6. The van der Waals surface area contributed by atoms with Crippen LogP contribution in [-0.2, 0) is 32.0 Å². The maximum atomic E-state index is 13.2. The quantitative estimate of drug-likeness (QED) is 0.114. The number of hydrogen-bond donors (Lipinski definition) is 1. The van der Waals surface area contributed by atoms with E-state index in [1.165, 1.54) is 24.1 Å². The molecule has 20 heteroatoms. The SMILES string of the molecule is CC(=O)Nc1ncnc2c1ncn2[C@@H]1O[C@H]2CO[Si](C(C)C)(C(C)C)O[Si](C(C)C)(C(C)C)O[C@@H]2C1OCOCC(C(F)(F)F)C(F)(F)F. The molecule has 12 nitrogen and oxygen atoms in total. The molecular weight excluding hydrogens is 701 g/mol. The molecule has 2 aromatic rings. The Bertz CT molecular complexity index is 1410. The average molecular weight is 746 g/mol. The Morgan fingerprint density at radius 3 is 2.08 bits per heavy atom. The van der Waals surface area contributed by atoms with Gasteiger partial charge in [0.2, 0.25) is 5.91 Å². The van der Waals surface area contributed by atoms with Crippen molar-refractivity contribution in [1.82, 2.24) is 19.5 Å². The van der Waals surface area contributed by atoms with Crippen molar-refractivity contribution in [2.45, 2.75) is 121 Å². The van der Waals surface area contributed by atoms with Crippen LogP contribution < -0.4 is 5.32 Å². The number of carbonyl (C=O) groups is 1. The lowest BCUT2D eigenvalue weighted by Gasteiger charge is -2.51. The van der Waals surface area contributed by atoms with Crippen LogP contribution in [0.3, 0.4) is 0 Å². The molecule has 0 spiro atoms. The van der Waals surface area contributed by atoms with Gasteiger partial charge in [-0.2, -0.15) is 26.3 Å². The van der Waals surface area contributed by atoms with Gasteiger partial charge in [-0.05, 0) is 22.2 Å². The summed E-state index contributed by atoms with van der Waals surface area (Å²) in [5.74, 6) is -3.99. The topological polar surface area (TPSA) is 128 Å². The lowest BCUT2D eigenvalue weighted by atomic mass is 10.1. The summed E-state index contributed by atoms with van der Waals surface area (Å²) in [5, 5.41) is 2.58. The fraction of sp³-hybridized carbons (Fsp3) is 0.793. The second kappa shape index (κ2) is 14.8. The van der Waals surface area contributed by atoms with E-state index in [-0.39, 0.29) is 45.8 Å². The number of anilines is 1. The number of aromatic nitrogens is 4. The number of hydrogen-bond acceptors (Lipinski definition) is 10. The van der Waals surface area contributed by atoms with Crippen LogP contribution in [-0.4, -0.2) is 93.2 Å². The molecule has 4 rings (SSSR count). The summed E-state index contributed by atoms with van der Waals surface area (Å²) in [5.41, 5.74) is 0.229. The number of alkyl halides is 6. The highest BCUT2D eigenvalue weighted by Gasteiger charge is 2.62. The first-order valence-electron chi connectivity index (χ1n) is 16.1. The van der Waals surface area contributed by atoms with Crippen LogP contribution in [0.1, 0.15) is 68.5 Å². The van der Waals surface area contributed by atoms with Gasteiger partial charge in [0, 0.05) is 6.92 Å². The highest BCUT2D eigenvalue weighted by molar-refractivity contribution is 6.84. The molecule has 0 aromatic carbocycles. The molecule has 0 radical (unpaired) electrons. The first kappa shape index (κ1) is 39.6. The summed E-state index contributed by atoms with van der Waals surface area (Å²) >= 11 is 0. The van der Waals surface area contributed by atoms with Crippen LogP contribution in [0.2, 0.25) is 22.2 Å².